The molecule has 0 fully saturated rings. The molecule has 0 saturated carbocycles. The minimum absolute atomic E-state index is 0.508. The van der Waals surface area contributed by atoms with Crippen LogP contribution in [0.4, 0.5) is 0 Å². The molecule has 10 heavy (non-hydrogen) atoms. The third-order valence-corrected chi connectivity index (χ3v) is 1.09. The molecule has 0 aliphatic rings. The Hall–Kier alpha value is -1.36. The lowest BCUT2D eigenvalue weighted by Gasteiger charge is -1.94. The number of nitrogens with one attached hydrogen (secondary N) is 1. The third kappa shape index (κ3) is 0.985. The van der Waals surface area contributed by atoms with Crippen LogP contribution in [-0.4, -0.2) is 14.7 Å². The summed E-state index contributed by atoms with van der Waals surface area (Å²) in [4.78, 5) is 23.5. The van der Waals surface area contributed by atoms with E-state index in [9.17, 15) is 9.59 Å². The fraction of sp³-hybridized carbons (Fsp3) is 0.200. The minimum Gasteiger partial charge on any atom is -0.376 e. The van der Waals surface area contributed by atoms with E-state index in [1.54, 1.807) is 0 Å². The van der Waals surface area contributed by atoms with E-state index in [1.165, 1.54) is 6.20 Å². The van der Waals surface area contributed by atoms with Gasteiger partial charge in [-0.05, 0) is 0 Å². The fourth-order valence-electron chi connectivity index (χ4n) is 0.586. The second-order valence-corrected chi connectivity index (χ2v) is 1.69. The third-order valence-electron chi connectivity index (χ3n) is 1.09. The number of aliphatic hydroxyl groups excluding tert-OH is 1. The Morgan fingerprint density at radius 1 is 1.60 bits per heavy atom. The van der Waals surface area contributed by atoms with Gasteiger partial charge in [0.15, 0.2) is 0 Å². The lowest BCUT2D eigenvalue weighted by Crippen LogP contribution is -2.33. The number of hydrogen-bond donors (Lipinski definition) is 2. The van der Waals surface area contributed by atoms with Gasteiger partial charge in [-0.2, -0.15) is 0 Å². The smallest absolute Gasteiger partial charge is 0.330 e. The van der Waals surface area contributed by atoms with Gasteiger partial charge in [0, 0.05) is 12.3 Å². The molecule has 0 radical (unpaired) electrons. The van der Waals surface area contributed by atoms with Crippen molar-refractivity contribution in [2.24, 2.45) is 0 Å². The van der Waals surface area contributed by atoms with Crippen molar-refractivity contribution in [1.29, 1.82) is 0 Å². The van der Waals surface area contributed by atoms with E-state index < -0.39 is 18.0 Å². The number of aromatic amines is 1. The fourth-order valence-corrected chi connectivity index (χ4v) is 0.586. The molecule has 1 rings (SSSR count). The zero-order chi connectivity index (χ0) is 7.56. The molecule has 1 heterocycles. The van der Waals surface area contributed by atoms with Crippen LogP contribution < -0.4 is 11.2 Å². The van der Waals surface area contributed by atoms with Gasteiger partial charge in [-0.15, -0.1) is 0 Å². The molecule has 0 spiro atoms. The van der Waals surface area contributed by atoms with Gasteiger partial charge in [-0.3, -0.25) is 4.79 Å². The maximum Gasteiger partial charge on any atom is 0.330 e. The highest BCUT2D eigenvalue weighted by Gasteiger charge is 1.94. The Bertz CT molecular complexity index is 296. The number of aliphatic hydroxyl groups is 1. The molecular formula is C5H6N2O3. The molecule has 1 aromatic rings. The molecule has 0 saturated heterocycles. The van der Waals surface area contributed by atoms with Gasteiger partial charge in [-0.25, -0.2) is 9.36 Å². The summed E-state index contributed by atoms with van der Waals surface area (Å²) < 4.78 is 0.681. The Kier molecular flexibility index (Phi) is 1.68. The van der Waals surface area contributed by atoms with Crippen LogP contribution in [0.1, 0.15) is 0 Å². The molecule has 0 atom stereocenters. The van der Waals surface area contributed by atoms with Crippen LogP contribution in [0.25, 0.3) is 0 Å². The van der Waals surface area contributed by atoms with Crippen molar-refractivity contribution in [1.82, 2.24) is 9.55 Å². The standard InChI is InChI=1S/C5H6N2O3/c8-3-7-4(9)1-2-6-5(7)10/h1-2,8H,3H2,(H,6,10). The Labute approximate surface area is 55.6 Å². The lowest BCUT2D eigenvalue weighted by molar-refractivity contribution is 0.200. The monoisotopic (exact) mass is 142 g/mol. The Balaban J connectivity index is 3.46. The Morgan fingerprint density at radius 3 is 2.70 bits per heavy atom. The van der Waals surface area contributed by atoms with Crippen molar-refractivity contribution in [2.75, 3.05) is 0 Å². The van der Waals surface area contributed by atoms with Crippen molar-refractivity contribution in [3.8, 4) is 0 Å². The first-order chi connectivity index (χ1) is 4.75. The number of aromatic nitrogens is 2. The first-order valence-corrected chi connectivity index (χ1v) is 2.65. The van der Waals surface area contributed by atoms with E-state index in [-0.39, 0.29) is 0 Å². The summed E-state index contributed by atoms with van der Waals surface area (Å²) in [7, 11) is 0. The van der Waals surface area contributed by atoms with Crippen LogP contribution in [0.3, 0.4) is 0 Å². The van der Waals surface area contributed by atoms with Gasteiger partial charge < -0.3 is 10.1 Å². The van der Waals surface area contributed by atoms with Crippen molar-refractivity contribution >= 4 is 0 Å². The maximum absolute atomic E-state index is 10.7. The predicted octanol–water partition coefficient (Wildman–Crippen LogP) is -1.51. The molecule has 5 heteroatoms. The van der Waals surface area contributed by atoms with Gasteiger partial charge in [0.2, 0.25) is 0 Å². The van der Waals surface area contributed by atoms with Crippen LogP contribution in [0.15, 0.2) is 21.9 Å². The van der Waals surface area contributed by atoms with Crippen LogP contribution in [0, 0.1) is 0 Å². The van der Waals surface area contributed by atoms with Gasteiger partial charge in [-0.1, -0.05) is 0 Å². The summed E-state index contributed by atoms with van der Waals surface area (Å²) >= 11 is 0. The summed E-state index contributed by atoms with van der Waals surface area (Å²) in [6.45, 7) is -0.588. The molecule has 5 nitrogen and oxygen atoms in total. The zero-order valence-electron chi connectivity index (χ0n) is 5.07. The molecule has 0 aliphatic carbocycles. The SMILES string of the molecule is O=c1cc[nH]c(=O)n1CO. The zero-order valence-corrected chi connectivity index (χ0v) is 5.07. The minimum atomic E-state index is -0.602. The second-order valence-electron chi connectivity index (χ2n) is 1.69. The summed E-state index contributed by atoms with van der Waals surface area (Å²) in [5.74, 6) is 0. The quantitative estimate of drug-likeness (QED) is 0.500. The van der Waals surface area contributed by atoms with Crippen LogP contribution in [0.2, 0.25) is 0 Å². The van der Waals surface area contributed by atoms with E-state index in [0.29, 0.717) is 4.57 Å². The second kappa shape index (κ2) is 2.49. The highest BCUT2D eigenvalue weighted by Crippen LogP contribution is 1.63. The largest absolute Gasteiger partial charge is 0.376 e. The van der Waals surface area contributed by atoms with E-state index >= 15 is 0 Å². The predicted molar refractivity (Wildman–Crippen MR) is 33.5 cm³/mol. The van der Waals surface area contributed by atoms with Crippen LogP contribution in [-0.2, 0) is 6.73 Å². The van der Waals surface area contributed by atoms with E-state index in [1.807, 2.05) is 0 Å². The van der Waals surface area contributed by atoms with Crippen molar-refractivity contribution in [3.05, 3.63) is 33.1 Å². The van der Waals surface area contributed by atoms with Gasteiger partial charge in [0.05, 0.1) is 0 Å². The summed E-state index contributed by atoms with van der Waals surface area (Å²) in [5.41, 5.74) is -1.11. The molecule has 1 aromatic heterocycles. The first-order valence-electron chi connectivity index (χ1n) is 2.65. The van der Waals surface area contributed by atoms with Gasteiger partial charge in [0.25, 0.3) is 5.56 Å². The number of hydrogen-bond acceptors (Lipinski definition) is 3. The molecule has 0 aliphatic heterocycles. The number of nitrogens with zero attached hydrogens (tertiary/aromatic N) is 1. The molecule has 0 aromatic carbocycles. The summed E-state index contributed by atoms with van der Waals surface area (Å²) in [5, 5.41) is 8.44. The van der Waals surface area contributed by atoms with Crippen molar-refractivity contribution < 1.29 is 5.11 Å². The molecule has 2 N–H and O–H groups in total. The van der Waals surface area contributed by atoms with Crippen LogP contribution in [0.5, 0.6) is 0 Å². The highest BCUT2D eigenvalue weighted by atomic mass is 16.3. The van der Waals surface area contributed by atoms with Gasteiger partial charge >= 0.3 is 5.69 Å². The maximum atomic E-state index is 10.7. The Morgan fingerprint density at radius 2 is 2.30 bits per heavy atom. The van der Waals surface area contributed by atoms with E-state index in [0.717, 1.165) is 6.07 Å². The van der Waals surface area contributed by atoms with Crippen molar-refractivity contribution in [3.63, 3.8) is 0 Å². The topological polar surface area (TPSA) is 75.1 Å². The summed E-state index contributed by atoms with van der Waals surface area (Å²) in [6, 6.07) is 1.16. The van der Waals surface area contributed by atoms with Gasteiger partial charge in [0.1, 0.15) is 6.73 Å². The first kappa shape index (κ1) is 6.76. The average molecular weight is 142 g/mol. The molecular weight excluding hydrogens is 136 g/mol. The average Bonchev–Trinajstić information content (AvgIpc) is 1.88. The van der Waals surface area contributed by atoms with Crippen molar-refractivity contribution in [2.45, 2.75) is 6.73 Å². The lowest BCUT2D eigenvalue weighted by atomic mass is 10.6. The molecule has 0 unspecified atom stereocenters. The molecule has 0 amide bonds. The molecule has 54 valence electrons. The molecule has 0 bridgehead atoms. The van der Waals surface area contributed by atoms with Crippen LogP contribution >= 0.6 is 0 Å². The van der Waals surface area contributed by atoms with E-state index in [2.05, 4.69) is 4.98 Å². The normalized spacial score (nSPS) is 9.70. The number of H-pyrrole nitrogens is 1. The summed E-state index contributed by atoms with van der Waals surface area (Å²) in [6.07, 6.45) is 1.23. The highest BCUT2D eigenvalue weighted by molar-refractivity contribution is 4.81. The van der Waals surface area contributed by atoms with E-state index in [4.69, 9.17) is 5.11 Å². The number of rotatable bonds is 1.